The second-order valence-electron chi connectivity index (χ2n) is 6.64. The van der Waals surface area contributed by atoms with Gasteiger partial charge in [0.05, 0.1) is 18.2 Å². The van der Waals surface area contributed by atoms with Gasteiger partial charge in [-0.2, -0.15) is 0 Å². The van der Waals surface area contributed by atoms with E-state index in [9.17, 15) is 9.59 Å². The van der Waals surface area contributed by atoms with Crippen LogP contribution in [-0.2, 0) is 9.59 Å². The van der Waals surface area contributed by atoms with E-state index in [0.29, 0.717) is 11.7 Å². The van der Waals surface area contributed by atoms with Crippen LogP contribution < -0.4 is 10.6 Å². The summed E-state index contributed by atoms with van der Waals surface area (Å²) < 4.78 is 0. The maximum atomic E-state index is 12.5. The summed E-state index contributed by atoms with van der Waals surface area (Å²) in [6.45, 7) is 5.64. The fourth-order valence-corrected chi connectivity index (χ4v) is 3.90. The second kappa shape index (κ2) is 8.42. The number of thiazole rings is 1. The van der Waals surface area contributed by atoms with E-state index in [1.165, 1.54) is 11.3 Å². The lowest BCUT2D eigenvalue weighted by molar-refractivity contribution is -0.123. The molecule has 2 N–H and O–H groups in total. The highest BCUT2D eigenvalue weighted by Gasteiger charge is 2.27. The van der Waals surface area contributed by atoms with Crippen LogP contribution >= 0.6 is 11.3 Å². The van der Waals surface area contributed by atoms with Gasteiger partial charge in [0.25, 0.3) is 0 Å². The summed E-state index contributed by atoms with van der Waals surface area (Å²) in [5.41, 5.74) is 1.75. The molecule has 138 valence electrons. The van der Waals surface area contributed by atoms with E-state index in [-0.39, 0.29) is 24.3 Å². The monoisotopic (exact) mass is 372 g/mol. The zero-order valence-corrected chi connectivity index (χ0v) is 15.9. The average molecular weight is 372 g/mol. The molecule has 1 aromatic heterocycles. The highest BCUT2D eigenvalue weighted by Crippen LogP contribution is 2.22. The zero-order valence-electron chi connectivity index (χ0n) is 15.1. The smallest absolute Gasteiger partial charge is 0.240 e. The number of benzene rings is 1. The van der Waals surface area contributed by atoms with E-state index in [1.807, 2.05) is 49.1 Å². The number of aryl methyl sites for hydroxylation is 2. The third kappa shape index (κ3) is 4.89. The van der Waals surface area contributed by atoms with Gasteiger partial charge in [0.1, 0.15) is 0 Å². The lowest BCUT2D eigenvalue weighted by Crippen LogP contribution is -2.43. The molecule has 1 aliphatic heterocycles. The average Bonchev–Trinajstić information content (AvgIpc) is 2.93. The number of para-hydroxylation sites is 1. The van der Waals surface area contributed by atoms with Gasteiger partial charge in [-0.25, -0.2) is 4.98 Å². The van der Waals surface area contributed by atoms with Gasteiger partial charge in [-0.15, -0.1) is 11.3 Å². The molecule has 0 saturated carbocycles. The molecule has 6 nitrogen and oxygen atoms in total. The number of piperidine rings is 1. The Morgan fingerprint density at radius 3 is 2.69 bits per heavy atom. The molecule has 0 bridgehead atoms. The topological polar surface area (TPSA) is 74.3 Å². The maximum Gasteiger partial charge on any atom is 0.240 e. The summed E-state index contributed by atoms with van der Waals surface area (Å²) in [5, 5.41) is 6.46. The molecule has 1 aliphatic rings. The third-order valence-electron chi connectivity index (χ3n) is 4.56. The largest absolute Gasteiger partial charge is 0.326 e. The highest BCUT2D eigenvalue weighted by atomic mass is 32.1. The zero-order chi connectivity index (χ0) is 18.5. The summed E-state index contributed by atoms with van der Waals surface area (Å²) in [5.74, 6) is -0.156. The molecule has 0 radical (unpaired) electrons. The molecule has 7 heteroatoms. The van der Waals surface area contributed by atoms with Crippen molar-refractivity contribution in [2.24, 2.45) is 5.92 Å². The molecule has 3 rings (SSSR count). The van der Waals surface area contributed by atoms with Crippen LogP contribution in [0, 0.1) is 19.8 Å². The van der Waals surface area contributed by atoms with Crippen LogP contribution in [0.5, 0.6) is 0 Å². The maximum absolute atomic E-state index is 12.5. The minimum Gasteiger partial charge on any atom is -0.326 e. The summed E-state index contributed by atoms with van der Waals surface area (Å²) in [6, 6.07) is 9.47. The molecule has 26 heavy (non-hydrogen) atoms. The molecule has 0 spiro atoms. The Kier molecular flexibility index (Phi) is 6.00. The van der Waals surface area contributed by atoms with Crippen LogP contribution in [0.25, 0.3) is 0 Å². The molecule has 1 saturated heterocycles. The van der Waals surface area contributed by atoms with E-state index in [4.69, 9.17) is 0 Å². The third-order valence-corrected chi connectivity index (χ3v) is 5.55. The quantitative estimate of drug-likeness (QED) is 0.846. The van der Waals surface area contributed by atoms with Gasteiger partial charge in [0, 0.05) is 17.1 Å². The SMILES string of the molecule is Cc1nc(NC(=O)CN2CCCC(C(=O)Nc3ccccc3)C2)sc1C. The molecule has 2 amide bonds. The summed E-state index contributed by atoms with van der Waals surface area (Å²) in [4.78, 5) is 32.3. The Balaban J connectivity index is 1.51. The fourth-order valence-electron chi connectivity index (χ4n) is 3.07. The number of nitrogens with zero attached hydrogens (tertiary/aromatic N) is 2. The number of likely N-dealkylation sites (tertiary alicyclic amines) is 1. The molecule has 1 fully saturated rings. The van der Waals surface area contributed by atoms with Crippen molar-refractivity contribution in [2.45, 2.75) is 26.7 Å². The summed E-state index contributed by atoms with van der Waals surface area (Å²) >= 11 is 1.49. The van der Waals surface area contributed by atoms with E-state index in [1.54, 1.807) is 0 Å². The van der Waals surface area contributed by atoms with Crippen molar-refractivity contribution < 1.29 is 9.59 Å². The first-order valence-electron chi connectivity index (χ1n) is 8.83. The number of aromatic nitrogens is 1. The van der Waals surface area contributed by atoms with E-state index < -0.39 is 0 Å². The van der Waals surface area contributed by atoms with Crippen molar-refractivity contribution >= 4 is 34.0 Å². The fraction of sp³-hybridized carbons (Fsp3) is 0.421. The van der Waals surface area contributed by atoms with Gasteiger partial charge >= 0.3 is 0 Å². The van der Waals surface area contributed by atoms with Crippen LogP contribution in [0.1, 0.15) is 23.4 Å². The number of amides is 2. The number of nitrogens with one attached hydrogen (secondary N) is 2. The first-order valence-corrected chi connectivity index (χ1v) is 9.65. The van der Waals surface area contributed by atoms with Gasteiger partial charge in [-0.05, 0) is 45.4 Å². The van der Waals surface area contributed by atoms with Crippen LogP contribution in [0.2, 0.25) is 0 Å². The lowest BCUT2D eigenvalue weighted by atomic mass is 9.97. The van der Waals surface area contributed by atoms with Gasteiger partial charge < -0.3 is 10.6 Å². The number of anilines is 2. The predicted octanol–water partition coefficient (Wildman–Crippen LogP) is 3.05. The lowest BCUT2D eigenvalue weighted by Gasteiger charge is -2.31. The first kappa shape index (κ1) is 18.5. The molecular formula is C19H24N4O2S. The van der Waals surface area contributed by atoms with Crippen molar-refractivity contribution in [3.8, 4) is 0 Å². The molecular weight excluding hydrogens is 348 g/mol. The molecule has 2 aromatic rings. The summed E-state index contributed by atoms with van der Waals surface area (Å²) in [7, 11) is 0. The highest BCUT2D eigenvalue weighted by molar-refractivity contribution is 7.15. The van der Waals surface area contributed by atoms with Crippen molar-refractivity contribution in [1.82, 2.24) is 9.88 Å². The van der Waals surface area contributed by atoms with Gasteiger partial charge in [-0.1, -0.05) is 18.2 Å². The van der Waals surface area contributed by atoms with E-state index in [2.05, 4.69) is 15.6 Å². The van der Waals surface area contributed by atoms with Crippen molar-refractivity contribution in [1.29, 1.82) is 0 Å². The van der Waals surface area contributed by atoms with Crippen LogP contribution in [0.15, 0.2) is 30.3 Å². The van der Waals surface area contributed by atoms with E-state index >= 15 is 0 Å². The van der Waals surface area contributed by atoms with Crippen molar-refractivity contribution in [3.63, 3.8) is 0 Å². The van der Waals surface area contributed by atoms with Gasteiger partial charge in [0.15, 0.2) is 5.13 Å². The molecule has 1 atom stereocenters. The number of carbonyl (C=O) groups excluding carboxylic acids is 2. The van der Waals surface area contributed by atoms with Gasteiger partial charge in [-0.3, -0.25) is 14.5 Å². The summed E-state index contributed by atoms with van der Waals surface area (Å²) in [6.07, 6.45) is 1.76. The standard InChI is InChI=1S/C19H24N4O2S/c1-13-14(2)26-19(20-13)22-17(24)12-23-10-6-7-15(11-23)18(25)21-16-8-4-3-5-9-16/h3-5,8-9,15H,6-7,10-12H2,1-2H3,(H,21,25)(H,20,22,24). The number of rotatable bonds is 5. The minimum atomic E-state index is -0.0962. The second-order valence-corrected chi connectivity index (χ2v) is 7.84. The predicted molar refractivity (Wildman–Crippen MR) is 104 cm³/mol. The Labute approximate surface area is 157 Å². The molecule has 2 heterocycles. The molecule has 1 aromatic carbocycles. The Morgan fingerprint density at radius 1 is 1.23 bits per heavy atom. The van der Waals surface area contributed by atoms with Crippen LogP contribution in [-0.4, -0.2) is 41.3 Å². The van der Waals surface area contributed by atoms with E-state index in [0.717, 1.165) is 35.6 Å². The normalized spacial score (nSPS) is 17.7. The van der Waals surface area contributed by atoms with Crippen LogP contribution in [0.3, 0.4) is 0 Å². The number of carbonyl (C=O) groups is 2. The number of hydrogen-bond acceptors (Lipinski definition) is 5. The van der Waals surface area contributed by atoms with Crippen molar-refractivity contribution in [2.75, 3.05) is 30.3 Å². The Bertz CT molecular complexity index is 756. The van der Waals surface area contributed by atoms with Gasteiger partial charge in [0.2, 0.25) is 11.8 Å². The molecule has 1 unspecified atom stereocenters. The Hall–Kier alpha value is -2.25. The Morgan fingerprint density at radius 2 is 2.00 bits per heavy atom. The number of hydrogen-bond donors (Lipinski definition) is 2. The van der Waals surface area contributed by atoms with Crippen LogP contribution in [0.4, 0.5) is 10.8 Å². The first-order chi connectivity index (χ1) is 12.5. The minimum absolute atomic E-state index is 0.0208. The molecule has 0 aliphatic carbocycles. The van der Waals surface area contributed by atoms with Crippen molar-refractivity contribution in [3.05, 3.63) is 40.9 Å².